The Morgan fingerprint density at radius 2 is 1.17 bits per heavy atom. The summed E-state index contributed by atoms with van der Waals surface area (Å²) >= 11 is 0. The second-order valence-electron chi connectivity index (χ2n) is 4.75. The monoisotopic (exact) mass is 344 g/mol. The van der Waals surface area contributed by atoms with E-state index in [1.807, 2.05) is 6.92 Å². The van der Waals surface area contributed by atoms with Crippen LogP contribution in [0.2, 0.25) is 0 Å². The Labute approximate surface area is 139 Å². The van der Waals surface area contributed by atoms with Crippen LogP contribution in [0.1, 0.15) is 20.8 Å². The lowest BCUT2D eigenvalue weighted by Crippen LogP contribution is -2.24. The fourth-order valence-corrected chi connectivity index (χ4v) is 0.887. The first-order valence-electron chi connectivity index (χ1n) is 7.61. The van der Waals surface area contributed by atoms with E-state index in [0.717, 1.165) is 0 Å². The number of aliphatic hydroxyl groups excluding tert-OH is 4. The highest BCUT2D eigenvalue weighted by molar-refractivity contribution is 4.52. The van der Waals surface area contributed by atoms with Gasteiger partial charge in [-0.25, -0.2) is 0 Å². The Hall–Kier alpha value is -0.320. The zero-order valence-electron chi connectivity index (χ0n) is 15.1. The van der Waals surface area contributed by atoms with Crippen LogP contribution in [-0.4, -0.2) is 99.2 Å². The minimum absolute atomic E-state index is 0.0170. The van der Waals surface area contributed by atoms with Gasteiger partial charge in [0, 0.05) is 14.2 Å². The summed E-state index contributed by atoms with van der Waals surface area (Å²) in [4.78, 5) is 0. The predicted molar refractivity (Wildman–Crippen MR) is 87.5 cm³/mol. The molecular formula is C15H36O8. The van der Waals surface area contributed by atoms with Crippen molar-refractivity contribution >= 4 is 0 Å². The molecule has 0 fully saturated rings. The molecule has 8 nitrogen and oxygen atoms in total. The number of hydrogen-bond acceptors (Lipinski definition) is 8. The van der Waals surface area contributed by atoms with Crippen molar-refractivity contribution in [2.24, 2.45) is 0 Å². The van der Waals surface area contributed by atoms with Gasteiger partial charge in [-0.3, -0.25) is 0 Å². The summed E-state index contributed by atoms with van der Waals surface area (Å²) in [5.41, 5.74) is 0. The molecule has 0 aromatic carbocycles. The Morgan fingerprint density at radius 3 is 1.43 bits per heavy atom. The van der Waals surface area contributed by atoms with E-state index in [1.165, 1.54) is 0 Å². The fourth-order valence-electron chi connectivity index (χ4n) is 0.887. The summed E-state index contributed by atoms with van der Waals surface area (Å²) in [6, 6.07) is 0. The number of methoxy groups -OCH3 is 2. The number of rotatable bonds is 11. The highest BCUT2D eigenvalue weighted by Crippen LogP contribution is 1.97. The smallest absolute Gasteiger partial charge is 0.0781 e. The van der Waals surface area contributed by atoms with Gasteiger partial charge in [0.05, 0.1) is 64.6 Å². The van der Waals surface area contributed by atoms with Crippen molar-refractivity contribution in [2.45, 2.75) is 39.1 Å². The molecule has 0 aromatic heterocycles. The molecule has 23 heavy (non-hydrogen) atoms. The van der Waals surface area contributed by atoms with E-state index in [9.17, 15) is 0 Å². The summed E-state index contributed by atoms with van der Waals surface area (Å²) < 4.78 is 19.4. The van der Waals surface area contributed by atoms with Crippen LogP contribution in [0.3, 0.4) is 0 Å². The molecular weight excluding hydrogens is 308 g/mol. The topological polar surface area (TPSA) is 118 Å². The van der Waals surface area contributed by atoms with Gasteiger partial charge in [0.2, 0.25) is 0 Å². The SMILES string of the molecule is CC(O)COC(C)COC(C)CO.COCCO.COCCO. The molecule has 8 heteroatoms. The van der Waals surface area contributed by atoms with E-state index in [0.29, 0.717) is 26.4 Å². The van der Waals surface area contributed by atoms with Crippen molar-refractivity contribution in [1.29, 1.82) is 0 Å². The minimum Gasteiger partial charge on any atom is -0.394 e. The van der Waals surface area contributed by atoms with Crippen molar-refractivity contribution in [2.75, 3.05) is 60.5 Å². The summed E-state index contributed by atoms with van der Waals surface area (Å²) in [6.07, 6.45) is -0.654. The summed E-state index contributed by atoms with van der Waals surface area (Å²) in [7, 11) is 3.10. The van der Waals surface area contributed by atoms with E-state index in [4.69, 9.17) is 29.9 Å². The molecule has 3 unspecified atom stereocenters. The lowest BCUT2D eigenvalue weighted by Gasteiger charge is -2.16. The van der Waals surface area contributed by atoms with Gasteiger partial charge in [-0.2, -0.15) is 0 Å². The molecule has 0 aliphatic carbocycles. The predicted octanol–water partition coefficient (Wildman–Crippen LogP) is -0.580. The Bertz CT molecular complexity index is 182. The summed E-state index contributed by atoms with van der Waals surface area (Å²) in [5, 5.41) is 33.5. The molecule has 0 spiro atoms. The maximum atomic E-state index is 8.92. The molecule has 0 amide bonds. The number of ether oxygens (including phenoxy) is 4. The zero-order chi connectivity index (χ0) is 18.5. The maximum Gasteiger partial charge on any atom is 0.0781 e. The van der Waals surface area contributed by atoms with Crippen LogP contribution in [0, 0.1) is 0 Å². The van der Waals surface area contributed by atoms with Crippen LogP contribution in [0.5, 0.6) is 0 Å². The molecule has 0 heterocycles. The molecule has 0 aliphatic rings. The van der Waals surface area contributed by atoms with Gasteiger partial charge in [0.15, 0.2) is 0 Å². The highest BCUT2D eigenvalue weighted by Gasteiger charge is 2.06. The van der Waals surface area contributed by atoms with Gasteiger partial charge in [-0.15, -0.1) is 0 Å². The third-order valence-electron chi connectivity index (χ3n) is 2.09. The van der Waals surface area contributed by atoms with Crippen LogP contribution >= 0.6 is 0 Å². The van der Waals surface area contributed by atoms with E-state index in [1.54, 1.807) is 28.1 Å². The maximum absolute atomic E-state index is 8.92. The average molecular weight is 344 g/mol. The number of hydrogen-bond donors (Lipinski definition) is 4. The van der Waals surface area contributed by atoms with Crippen LogP contribution in [-0.2, 0) is 18.9 Å². The van der Waals surface area contributed by atoms with Crippen molar-refractivity contribution in [3.8, 4) is 0 Å². The molecule has 3 atom stereocenters. The lowest BCUT2D eigenvalue weighted by molar-refractivity contribution is -0.0620. The Morgan fingerprint density at radius 1 is 0.739 bits per heavy atom. The standard InChI is InChI=1S/C9H20O4.2C3H8O2/c1-7(11)5-12-9(3)6-13-8(2)4-10;2*1-5-3-2-4/h7-11H,4-6H2,1-3H3;2*4H,2-3H2,1H3. The molecule has 0 aliphatic heterocycles. The van der Waals surface area contributed by atoms with Crippen LogP contribution in [0.4, 0.5) is 0 Å². The third kappa shape index (κ3) is 34.2. The molecule has 0 saturated heterocycles. The number of aliphatic hydroxyl groups is 4. The average Bonchev–Trinajstić information content (AvgIpc) is 2.53. The lowest BCUT2D eigenvalue weighted by atomic mass is 10.4. The van der Waals surface area contributed by atoms with Crippen molar-refractivity contribution in [3.05, 3.63) is 0 Å². The second kappa shape index (κ2) is 23.9. The third-order valence-corrected chi connectivity index (χ3v) is 2.09. The first-order chi connectivity index (χ1) is 10.9. The molecule has 0 aromatic rings. The summed E-state index contributed by atoms with van der Waals surface area (Å²) in [5.74, 6) is 0. The van der Waals surface area contributed by atoms with Gasteiger partial charge >= 0.3 is 0 Å². The van der Waals surface area contributed by atoms with Gasteiger partial charge in [0.25, 0.3) is 0 Å². The Balaban J connectivity index is -0.000000329. The van der Waals surface area contributed by atoms with Gasteiger partial charge < -0.3 is 39.4 Å². The quantitative estimate of drug-likeness (QED) is 0.393. The molecule has 4 N–H and O–H groups in total. The first-order valence-corrected chi connectivity index (χ1v) is 7.61. The molecule has 0 saturated carbocycles. The van der Waals surface area contributed by atoms with E-state index in [-0.39, 0.29) is 32.0 Å². The molecule has 0 rings (SSSR count). The summed E-state index contributed by atoms with van der Waals surface area (Å²) in [6.45, 7) is 7.24. The van der Waals surface area contributed by atoms with Crippen LogP contribution in [0.15, 0.2) is 0 Å². The van der Waals surface area contributed by atoms with Crippen molar-refractivity contribution < 1.29 is 39.4 Å². The van der Waals surface area contributed by atoms with E-state index in [2.05, 4.69) is 9.47 Å². The molecule has 144 valence electrons. The fraction of sp³-hybridized carbons (Fsp3) is 1.00. The van der Waals surface area contributed by atoms with Gasteiger partial charge in [0.1, 0.15) is 0 Å². The zero-order valence-corrected chi connectivity index (χ0v) is 15.1. The van der Waals surface area contributed by atoms with E-state index >= 15 is 0 Å². The molecule has 0 bridgehead atoms. The van der Waals surface area contributed by atoms with Crippen LogP contribution < -0.4 is 0 Å². The highest BCUT2D eigenvalue weighted by atomic mass is 16.5. The largest absolute Gasteiger partial charge is 0.394 e. The Kier molecular flexibility index (Phi) is 28.6. The first kappa shape index (κ1) is 27.5. The molecule has 0 radical (unpaired) electrons. The second-order valence-corrected chi connectivity index (χ2v) is 4.75. The van der Waals surface area contributed by atoms with Crippen molar-refractivity contribution in [1.82, 2.24) is 0 Å². The van der Waals surface area contributed by atoms with E-state index < -0.39 is 6.10 Å². The van der Waals surface area contributed by atoms with Gasteiger partial charge in [-0.05, 0) is 20.8 Å². The normalized spacial score (nSPS) is 14.0. The minimum atomic E-state index is -0.447. The van der Waals surface area contributed by atoms with Gasteiger partial charge in [-0.1, -0.05) is 0 Å². The van der Waals surface area contributed by atoms with Crippen molar-refractivity contribution in [3.63, 3.8) is 0 Å². The van der Waals surface area contributed by atoms with Crippen LogP contribution in [0.25, 0.3) is 0 Å².